The molecule has 0 atom stereocenters. The first-order valence-corrected chi connectivity index (χ1v) is 22.0. The Morgan fingerprint density at radius 3 is 1.32 bits per heavy atom. The van der Waals surface area contributed by atoms with E-state index in [4.69, 9.17) is 9.97 Å². The van der Waals surface area contributed by atoms with E-state index in [1.54, 1.807) is 41.2 Å². The van der Waals surface area contributed by atoms with Gasteiger partial charge in [-0.2, -0.15) is 13.2 Å². The van der Waals surface area contributed by atoms with Gasteiger partial charge < -0.3 is 9.13 Å². The highest BCUT2D eigenvalue weighted by atomic mass is 19.4. The van der Waals surface area contributed by atoms with Crippen LogP contribution in [0.2, 0.25) is 0 Å². The van der Waals surface area contributed by atoms with E-state index in [2.05, 4.69) is 0 Å². The van der Waals surface area contributed by atoms with E-state index in [0.717, 1.165) is 62.1 Å². The zero-order valence-corrected chi connectivity index (χ0v) is 35.9. The molecule has 4 nitrogen and oxygen atoms in total. The molecule has 0 radical (unpaired) electrons. The predicted molar refractivity (Wildman–Crippen MR) is 263 cm³/mol. The van der Waals surface area contributed by atoms with Crippen molar-refractivity contribution in [2.45, 2.75) is 6.18 Å². The molecule has 0 amide bonds. The lowest BCUT2D eigenvalue weighted by atomic mass is 9.96. The molecular weight excluding hydrogens is 860 g/mol. The zero-order valence-electron chi connectivity index (χ0n) is 35.9. The van der Waals surface area contributed by atoms with Crippen molar-refractivity contribution in [1.29, 1.82) is 0 Å². The highest BCUT2D eigenvalue weighted by Gasteiger charge is 2.41. The number of pyridine rings is 2. The van der Waals surface area contributed by atoms with Crippen LogP contribution in [0, 0.1) is 11.6 Å². The molecule has 0 spiro atoms. The fourth-order valence-corrected chi connectivity index (χ4v) is 9.72. The summed E-state index contributed by atoms with van der Waals surface area (Å²) in [6, 6.07) is 59.1. The lowest BCUT2D eigenvalue weighted by molar-refractivity contribution is -0.137. The highest BCUT2D eigenvalue weighted by molar-refractivity contribution is 6.12. The lowest BCUT2D eigenvalue weighted by Gasteiger charge is -2.25. The normalized spacial score (nSPS) is 11.9. The molecule has 0 N–H and O–H groups in total. The number of hydrogen-bond acceptors (Lipinski definition) is 2. The van der Waals surface area contributed by atoms with Crippen LogP contribution in [0.3, 0.4) is 0 Å². The van der Waals surface area contributed by atoms with Gasteiger partial charge in [0.25, 0.3) is 0 Å². The second kappa shape index (κ2) is 16.0. The van der Waals surface area contributed by atoms with Gasteiger partial charge in [-0.15, -0.1) is 0 Å². The van der Waals surface area contributed by atoms with Crippen molar-refractivity contribution in [1.82, 2.24) is 19.1 Å². The van der Waals surface area contributed by atoms with E-state index in [9.17, 15) is 0 Å². The topological polar surface area (TPSA) is 35.6 Å². The number of para-hydroxylation sites is 2. The first kappa shape index (κ1) is 40.8. The molecule has 8 aromatic carbocycles. The molecule has 326 valence electrons. The van der Waals surface area contributed by atoms with Crippen LogP contribution in [0.25, 0.3) is 111 Å². The third-order valence-corrected chi connectivity index (χ3v) is 12.8. The van der Waals surface area contributed by atoms with Crippen molar-refractivity contribution in [3.8, 4) is 67.3 Å². The molecule has 9 heteroatoms. The molecule has 12 aromatic rings. The zero-order chi connectivity index (χ0) is 46.1. The summed E-state index contributed by atoms with van der Waals surface area (Å²) >= 11 is 0. The molecular formula is C59H35F5N4. The molecule has 0 aliphatic rings. The van der Waals surface area contributed by atoms with Crippen molar-refractivity contribution >= 4 is 43.6 Å². The van der Waals surface area contributed by atoms with Crippen LogP contribution in [0.1, 0.15) is 5.56 Å². The van der Waals surface area contributed by atoms with Crippen LogP contribution in [0.15, 0.2) is 213 Å². The molecule has 0 saturated carbocycles. The van der Waals surface area contributed by atoms with Crippen LogP contribution >= 0.6 is 0 Å². The maximum atomic E-state index is 16.8. The van der Waals surface area contributed by atoms with Crippen LogP contribution in [-0.4, -0.2) is 19.1 Å². The first-order chi connectivity index (χ1) is 33.2. The van der Waals surface area contributed by atoms with Crippen molar-refractivity contribution in [2.75, 3.05) is 0 Å². The summed E-state index contributed by atoms with van der Waals surface area (Å²) in [6.07, 6.45) is -1.57. The number of rotatable bonds is 7. The van der Waals surface area contributed by atoms with Crippen LogP contribution < -0.4 is 0 Å². The second-order valence-electron chi connectivity index (χ2n) is 16.7. The smallest absolute Gasteiger partial charge is 0.309 e. The fourth-order valence-electron chi connectivity index (χ4n) is 9.72. The number of fused-ring (bicyclic) bond motifs is 6. The summed E-state index contributed by atoms with van der Waals surface area (Å²) < 4.78 is 86.0. The van der Waals surface area contributed by atoms with Crippen molar-refractivity contribution in [3.05, 3.63) is 230 Å². The quantitative estimate of drug-likeness (QED) is 0.149. The van der Waals surface area contributed by atoms with E-state index < -0.39 is 34.6 Å². The Morgan fingerprint density at radius 2 is 0.824 bits per heavy atom. The minimum absolute atomic E-state index is 0.211. The van der Waals surface area contributed by atoms with Gasteiger partial charge in [-0.3, -0.25) is 9.97 Å². The van der Waals surface area contributed by atoms with Crippen LogP contribution in [0.4, 0.5) is 22.0 Å². The monoisotopic (exact) mass is 894 g/mol. The highest BCUT2D eigenvalue weighted by Crippen LogP contribution is 2.49. The maximum Gasteiger partial charge on any atom is 0.420 e. The Kier molecular flexibility index (Phi) is 9.62. The van der Waals surface area contributed by atoms with Gasteiger partial charge in [-0.1, -0.05) is 140 Å². The average molecular weight is 895 g/mol. The SMILES string of the molecule is Fc1cccc(F)c1-c1ccc(-n2c3ccccc3c3ccc(-c4ccc(-c5ccccc5)nc4)cc32)c(C(F)(F)F)c1-n1c2ccccc2c2ccc(-c3ccc(-c4ccccc4)nc3)cc21. The Hall–Kier alpha value is -8.69. The van der Waals surface area contributed by atoms with Gasteiger partial charge in [-0.25, -0.2) is 8.78 Å². The number of halogens is 5. The lowest BCUT2D eigenvalue weighted by Crippen LogP contribution is -2.17. The summed E-state index contributed by atoms with van der Waals surface area (Å²) in [7, 11) is 0. The van der Waals surface area contributed by atoms with Gasteiger partial charge in [0.15, 0.2) is 0 Å². The number of benzene rings is 8. The van der Waals surface area contributed by atoms with Crippen LogP contribution in [-0.2, 0) is 6.18 Å². The Bertz CT molecular complexity index is 3870. The van der Waals surface area contributed by atoms with Crippen LogP contribution in [0.5, 0.6) is 0 Å². The summed E-state index contributed by atoms with van der Waals surface area (Å²) in [6.45, 7) is 0. The first-order valence-electron chi connectivity index (χ1n) is 22.0. The minimum Gasteiger partial charge on any atom is -0.309 e. The molecule has 4 aromatic heterocycles. The molecule has 0 aliphatic carbocycles. The maximum absolute atomic E-state index is 16.8. The van der Waals surface area contributed by atoms with E-state index in [0.29, 0.717) is 38.4 Å². The molecule has 0 unspecified atom stereocenters. The fraction of sp³-hybridized carbons (Fsp3) is 0.0169. The molecule has 0 fully saturated rings. The number of alkyl halides is 3. The number of nitrogens with zero attached hydrogens (tertiary/aromatic N) is 4. The Labute approximate surface area is 386 Å². The molecule has 68 heavy (non-hydrogen) atoms. The van der Waals surface area contributed by atoms with E-state index in [1.807, 2.05) is 146 Å². The van der Waals surface area contributed by atoms with E-state index >= 15 is 22.0 Å². The summed E-state index contributed by atoms with van der Waals surface area (Å²) in [4.78, 5) is 9.47. The summed E-state index contributed by atoms with van der Waals surface area (Å²) in [5.74, 6) is -1.99. The molecule has 4 heterocycles. The number of hydrogen-bond donors (Lipinski definition) is 0. The average Bonchev–Trinajstić information content (AvgIpc) is 3.88. The molecule has 0 saturated heterocycles. The van der Waals surface area contributed by atoms with Gasteiger partial charge in [0, 0.05) is 61.8 Å². The van der Waals surface area contributed by atoms with Crippen molar-refractivity contribution in [2.24, 2.45) is 0 Å². The van der Waals surface area contributed by atoms with E-state index in [1.165, 1.54) is 22.8 Å². The predicted octanol–water partition coefficient (Wildman–Crippen LogP) is 16.3. The van der Waals surface area contributed by atoms with Crippen molar-refractivity contribution in [3.63, 3.8) is 0 Å². The standard InChI is InChI=1S/C59H35F5N4/c60-47-18-11-19-48(61)56(47)46-28-31-53(67-51-20-9-7-16-42(51)44-26-22-38(32-54(44)67)40-24-29-49(65-34-40)36-12-3-1-4-13-36)57(59(62,63)64)58(46)68-52-21-10-8-17-43(52)45-27-23-39(33-55(45)68)41-25-30-50(66-35-41)37-14-5-2-6-15-37/h1-35H. The summed E-state index contributed by atoms with van der Waals surface area (Å²) in [5.41, 5.74) is 5.74. The van der Waals surface area contributed by atoms with Gasteiger partial charge >= 0.3 is 6.18 Å². The Balaban J connectivity index is 1.15. The van der Waals surface area contributed by atoms with Gasteiger partial charge in [-0.05, 0) is 71.8 Å². The largest absolute Gasteiger partial charge is 0.420 e. The Morgan fingerprint density at radius 1 is 0.368 bits per heavy atom. The molecule has 12 rings (SSSR count). The molecule has 0 bridgehead atoms. The number of aromatic nitrogens is 4. The molecule has 0 aliphatic heterocycles. The summed E-state index contributed by atoms with van der Waals surface area (Å²) in [5, 5.41) is 2.79. The van der Waals surface area contributed by atoms with E-state index in [-0.39, 0.29) is 11.3 Å². The third-order valence-electron chi connectivity index (χ3n) is 12.8. The van der Waals surface area contributed by atoms with Crippen molar-refractivity contribution < 1.29 is 22.0 Å². The third kappa shape index (κ3) is 6.73. The second-order valence-corrected chi connectivity index (χ2v) is 16.7. The minimum atomic E-state index is -5.07. The van der Waals surface area contributed by atoms with Gasteiger partial charge in [0.05, 0.1) is 50.4 Å². The van der Waals surface area contributed by atoms with Gasteiger partial charge in [0.2, 0.25) is 0 Å². The van der Waals surface area contributed by atoms with Gasteiger partial charge in [0.1, 0.15) is 17.2 Å².